The Kier molecular flexibility index (Phi) is 5.47. The Morgan fingerprint density at radius 3 is 2.50 bits per heavy atom. The van der Waals surface area contributed by atoms with E-state index in [0.717, 1.165) is 13.1 Å². The summed E-state index contributed by atoms with van der Waals surface area (Å²) in [5.41, 5.74) is 1.54. The molecule has 0 aliphatic heterocycles. The van der Waals surface area contributed by atoms with Gasteiger partial charge in [-0.15, -0.1) is 0 Å². The Balaban J connectivity index is 3.19. The van der Waals surface area contributed by atoms with Gasteiger partial charge in [-0.05, 0) is 27.1 Å². The number of hydrogen-bond acceptors (Lipinski definition) is 6. The minimum atomic E-state index is 0.390. The molecule has 1 heterocycles. The van der Waals surface area contributed by atoms with Crippen LogP contribution in [0.2, 0.25) is 0 Å². The topological polar surface area (TPSA) is 79.0 Å². The summed E-state index contributed by atoms with van der Waals surface area (Å²) in [6.07, 6.45) is 0. The smallest absolute Gasteiger partial charge is 0.148 e. The summed E-state index contributed by atoms with van der Waals surface area (Å²) in [7, 11) is 7.70. The van der Waals surface area contributed by atoms with E-state index in [1.165, 1.54) is 0 Å². The maximum Gasteiger partial charge on any atom is 0.148 e. The summed E-state index contributed by atoms with van der Waals surface area (Å²) in [6, 6.07) is 3.89. The summed E-state index contributed by atoms with van der Waals surface area (Å²) >= 11 is 0. The van der Waals surface area contributed by atoms with Gasteiger partial charge in [-0.1, -0.05) is 0 Å². The Labute approximate surface area is 120 Å². The number of pyridine rings is 1. The molecule has 0 unspecified atom stereocenters. The Morgan fingerprint density at radius 1 is 1.40 bits per heavy atom. The second-order valence-corrected chi connectivity index (χ2v) is 4.97. The molecule has 0 radical (unpaired) electrons. The Hall–Kier alpha value is -2.13. The molecule has 1 rings (SSSR count). The van der Waals surface area contributed by atoms with Crippen molar-refractivity contribution in [2.45, 2.75) is 6.92 Å². The van der Waals surface area contributed by atoms with E-state index in [-0.39, 0.29) is 0 Å². The zero-order valence-corrected chi connectivity index (χ0v) is 12.8. The number of likely N-dealkylation sites (N-methyl/N-ethyl adjacent to an activating group) is 2. The molecule has 0 aliphatic rings. The zero-order valence-electron chi connectivity index (χ0n) is 12.8. The molecule has 6 nitrogen and oxygen atoms in total. The normalized spacial score (nSPS) is 10.2. The third-order valence-electron chi connectivity index (χ3n) is 3.01. The van der Waals surface area contributed by atoms with Crippen LogP contribution in [0.1, 0.15) is 18.1 Å². The third kappa shape index (κ3) is 3.68. The van der Waals surface area contributed by atoms with Gasteiger partial charge in [0.05, 0.1) is 5.56 Å². The molecule has 0 aromatic carbocycles. The molecule has 0 saturated carbocycles. The summed E-state index contributed by atoms with van der Waals surface area (Å²) in [4.78, 5) is 8.54. The van der Waals surface area contributed by atoms with Crippen molar-refractivity contribution in [3.8, 4) is 6.07 Å². The average molecular weight is 274 g/mol. The summed E-state index contributed by atoms with van der Waals surface area (Å²) in [5.74, 6) is 1.27. The van der Waals surface area contributed by atoms with Crippen molar-refractivity contribution < 1.29 is 0 Å². The van der Waals surface area contributed by atoms with Gasteiger partial charge in [-0.25, -0.2) is 4.98 Å². The molecule has 20 heavy (non-hydrogen) atoms. The lowest BCUT2D eigenvalue weighted by Crippen LogP contribution is -2.29. The molecule has 6 heteroatoms. The van der Waals surface area contributed by atoms with Crippen molar-refractivity contribution in [3.05, 3.63) is 17.2 Å². The fourth-order valence-electron chi connectivity index (χ4n) is 1.81. The van der Waals surface area contributed by atoms with Crippen molar-refractivity contribution in [2.24, 2.45) is 0 Å². The highest BCUT2D eigenvalue weighted by Crippen LogP contribution is 2.23. The molecular formula is C14H22N6. The van der Waals surface area contributed by atoms with E-state index in [0.29, 0.717) is 28.5 Å². The van der Waals surface area contributed by atoms with Gasteiger partial charge in [-0.2, -0.15) is 5.26 Å². The largest absolute Gasteiger partial charge is 0.373 e. The highest BCUT2D eigenvalue weighted by Gasteiger charge is 2.15. The molecule has 0 atom stereocenters. The first-order chi connectivity index (χ1) is 9.40. The van der Waals surface area contributed by atoms with Crippen molar-refractivity contribution in [1.29, 1.82) is 10.7 Å². The highest BCUT2D eigenvalue weighted by atomic mass is 15.2. The van der Waals surface area contributed by atoms with Gasteiger partial charge in [0.2, 0.25) is 0 Å². The first-order valence-electron chi connectivity index (χ1n) is 6.45. The van der Waals surface area contributed by atoms with Crippen LogP contribution in [0.5, 0.6) is 0 Å². The molecule has 0 spiro atoms. The standard InChI is InChI=1S/C14H22N6/c1-10(16)12-8-11(9-15)14(18-13(12)17-2)20(5)7-6-19(3)4/h8,16H,6-7H2,1-5H3,(H,17,18). The Bertz CT molecular complexity index is 529. The van der Waals surface area contributed by atoms with Crippen molar-refractivity contribution in [3.63, 3.8) is 0 Å². The highest BCUT2D eigenvalue weighted by molar-refractivity contribution is 6.01. The molecular weight excluding hydrogens is 252 g/mol. The maximum absolute atomic E-state index is 9.30. The van der Waals surface area contributed by atoms with E-state index in [4.69, 9.17) is 5.41 Å². The molecule has 1 aromatic rings. The number of nitrogens with one attached hydrogen (secondary N) is 2. The van der Waals surface area contributed by atoms with E-state index in [9.17, 15) is 5.26 Å². The summed E-state index contributed by atoms with van der Waals surface area (Å²) in [6.45, 7) is 3.35. The van der Waals surface area contributed by atoms with E-state index in [1.54, 1.807) is 20.0 Å². The van der Waals surface area contributed by atoms with Gasteiger partial charge in [0, 0.05) is 38.5 Å². The number of aromatic nitrogens is 1. The van der Waals surface area contributed by atoms with Crippen molar-refractivity contribution in [2.75, 3.05) is 51.5 Å². The molecule has 2 N–H and O–H groups in total. The van der Waals surface area contributed by atoms with Gasteiger partial charge in [0.1, 0.15) is 17.7 Å². The number of rotatable bonds is 6. The lowest BCUT2D eigenvalue weighted by atomic mass is 10.1. The van der Waals surface area contributed by atoms with Gasteiger partial charge in [0.15, 0.2) is 0 Å². The average Bonchev–Trinajstić information content (AvgIpc) is 2.42. The molecule has 0 aliphatic carbocycles. The van der Waals surface area contributed by atoms with Crippen LogP contribution < -0.4 is 10.2 Å². The molecule has 0 amide bonds. The fourth-order valence-corrected chi connectivity index (χ4v) is 1.81. The number of nitriles is 1. The van der Waals surface area contributed by atoms with Gasteiger partial charge in [-0.3, -0.25) is 0 Å². The van der Waals surface area contributed by atoms with Crippen molar-refractivity contribution in [1.82, 2.24) is 9.88 Å². The molecule has 108 valence electrons. The predicted octanol–water partition coefficient (Wildman–Crippen LogP) is 1.38. The maximum atomic E-state index is 9.30. The second-order valence-electron chi connectivity index (χ2n) is 4.97. The van der Waals surface area contributed by atoms with Crippen LogP contribution in [0.3, 0.4) is 0 Å². The van der Waals surface area contributed by atoms with Crippen LogP contribution >= 0.6 is 0 Å². The molecule has 1 aromatic heterocycles. The lowest BCUT2D eigenvalue weighted by molar-refractivity contribution is 0.416. The van der Waals surface area contributed by atoms with Gasteiger partial charge in [0.25, 0.3) is 0 Å². The number of anilines is 2. The van der Waals surface area contributed by atoms with E-state index < -0.39 is 0 Å². The van der Waals surface area contributed by atoms with E-state index in [2.05, 4.69) is 21.3 Å². The van der Waals surface area contributed by atoms with E-state index >= 15 is 0 Å². The fraction of sp³-hybridized carbons (Fsp3) is 0.500. The minimum Gasteiger partial charge on any atom is -0.373 e. The number of hydrogen-bond donors (Lipinski definition) is 2. The molecule has 0 saturated heterocycles. The number of nitrogens with zero attached hydrogens (tertiary/aromatic N) is 4. The zero-order chi connectivity index (χ0) is 15.3. The molecule has 0 fully saturated rings. The van der Waals surface area contributed by atoms with E-state index in [1.807, 2.05) is 26.0 Å². The third-order valence-corrected chi connectivity index (χ3v) is 3.01. The summed E-state index contributed by atoms with van der Waals surface area (Å²) < 4.78 is 0. The first kappa shape index (κ1) is 15.9. The molecule has 0 bridgehead atoms. The lowest BCUT2D eigenvalue weighted by Gasteiger charge is -2.22. The van der Waals surface area contributed by atoms with Crippen molar-refractivity contribution >= 4 is 17.3 Å². The van der Waals surface area contributed by atoms with Gasteiger partial charge < -0.3 is 20.5 Å². The quantitative estimate of drug-likeness (QED) is 0.766. The van der Waals surface area contributed by atoms with Crippen LogP contribution in [-0.2, 0) is 0 Å². The first-order valence-corrected chi connectivity index (χ1v) is 6.45. The van der Waals surface area contributed by atoms with Gasteiger partial charge >= 0.3 is 0 Å². The van der Waals surface area contributed by atoms with Crippen LogP contribution in [0.4, 0.5) is 11.6 Å². The summed E-state index contributed by atoms with van der Waals surface area (Å²) in [5, 5.41) is 20.0. The van der Waals surface area contributed by atoms with Crippen LogP contribution in [-0.4, -0.2) is 56.9 Å². The monoisotopic (exact) mass is 274 g/mol. The van der Waals surface area contributed by atoms with Crippen LogP contribution in [0, 0.1) is 16.7 Å². The predicted molar refractivity (Wildman–Crippen MR) is 82.8 cm³/mol. The van der Waals surface area contributed by atoms with Crippen LogP contribution in [0.25, 0.3) is 0 Å². The second kappa shape index (κ2) is 6.87. The SMILES string of the molecule is CNc1nc(N(C)CCN(C)C)c(C#N)cc1C(C)=N. The Morgan fingerprint density at radius 2 is 2.05 bits per heavy atom. The van der Waals surface area contributed by atoms with Crippen LogP contribution in [0.15, 0.2) is 6.07 Å². The minimum absolute atomic E-state index is 0.390.